The predicted molar refractivity (Wildman–Crippen MR) is 101 cm³/mol. The van der Waals surface area contributed by atoms with Crippen LogP contribution in [-0.4, -0.2) is 5.11 Å². The average molecular weight is 324 g/mol. The molecule has 0 heterocycles. The lowest BCUT2D eigenvalue weighted by Crippen LogP contribution is -1.86. The summed E-state index contributed by atoms with van der Waals surface area (Å²) in [5.41, 5.74) is 3.74. The zero-order valence-corrected chi connectivity index (χ0v) is 14.8. The van der Waals surface area contributed by atoms with Crippen LogP contribution in [0, 0.1) is 6.92 Å². The number of azo groups is 1. The van der Waals surface area contributed by atoms with Gasteiger partial charge in [0, 0.05) is 0 Å². The quantitative estimate of drug-likeness (QED) is 0.391. The van der Waals surface area contributed by atoms with Gasteiger partial charge in [0.25, 0.3) is 0 Å². The van der Waals surface area contributed by atoms with Gasteiger partial charge in [-0.05, 0) is 49.6 Å². The fraction of sp³-hybridized carbons (Fsp3) is 0.429. The predicted octanol–water partition coefficient (Wildman–Crippen LogP) is 7.02. The molecule has 0 fully saturated rings. The van der Waals surface area contributed by atoms with Crippen LogP contribution in [0.5, 0.6) is 5.75 Å². The van der Waals surface area contributed by atoms with Crippen molar-refractivity contribution < 1.29 is 5.11 Å². The van der Waals surface area contributed by atoms with E-state index in [9.17, 15) is 5.11 Å². The van der Waals surface area contributed by atoms with Crippen LogP contribution in [0.3, 0.4) is 0 Å². The summed E-state index contributed by atoms with van der Waals surface area (Å²) in [6.45, 7) is 4.28. The minimum absolute atomic E-state index is 0.178. The molecule has 0 amide bonds. The number of nitrogens with zero attached hydrogens (tertiary/aromatic N) is 2. The summed E-state index contributed by atoms with van der Waals surface area (Å²) >= 11 is 0. The molecule has 24 heavy (non-hydrogen) atoms. The summed E-state index contributed by atoms with van der Waals surface area (Å²) < 4.78 is 0. The van der Waals surface area contributed by atoms with Crippen molar-refractivity contribution in [2.24, 2.45) is 10.2 Å². The van der Waals surface area contributed by atoms with E-state index in [-0.39, 0.29) is 5.75 Å². The Hall–Kier alpha value is -2.16. The topological polar surface area (TPSA) is 45.0 Å². The van der Waals surface area contributed by atoms with Gasteiger partial charge in [-0.15, -0.1) is 5.11 Å². The van der Waals surface area contributed by atoms with Gasteiger partial charge in [-0.3, -0.25) is 0 Å². The molecule has 2 aromatic carbocycles. The first kappa shape index (κ1) is 18.2. The van der Waals surface area contributed by atoms with Crippen molar-refractivity contribution in [3.05, 3.63) is 53.6 Å². The summed E-state index contributed by atoms with van der Waals surface area (Å²) in [5, 5.41) is 18.4. The number of aromatic hydroxyl groups is 1. The molecular weight excluding hydrogens is 296 g/mol. The molecule has 128 valence electrons. The van der Waals surface area contributed by atoms with Crippen LogP contribution >= 0.6 is 0 Å². The largest absolute Gasteiger partial charge is 0.506 e. The van der Waals surface area contributed by atoms with E-state index in [1.54, 1.807) is 6.07 Å². The maximum atomic E-state index is 9.97. The second-order valence-corrected chi connectivity index (χ2v) is 6.38. The van der Waals surface area contributed by atoms with Crippen molar-refractivity contribution in [1.82, 2.24) is 0 Å². The fourth-order valence-corrected chi connectivity index (χ4v) is 2.64. The number of hydrogen-bond donors (Lipinski definition) is 1. The van der Waals surface area contributed by atoms with Crippen molar-refractivity contribution in [1.29, 1.82) is 0 Å². The molecule has 0 radical (unpaired) electrons. The van der Waals surface area contributed by atoms with Crippen molar-refractivity contribution in [3.63, 3.8) is 0 Å². The zero-order valence-electron chi connectivity index (χ0n) is 14.8. The number of unbranched alkanes of at least 4 members (excludes halogenated alkanes) is 5. The molecule has 0 aliphatic carbocycles. The van der Waals surface area contributed by atoms with E-state index in [1.807, 2.05) is 43.3 Å². The first-order chi connectivity index (χ1) is 11.7. The Morgan fingerprint density at radius 2 is 1.54 bits per heavy atom. The van der Waals surface area contributed by atoms with Gasteiger partial charge < -0.3 is 5.11 Å². The van der Waals surface area contributed by atoms with Crippen molar-refractivity contribution in [2.75, 3.05) is 0 Å². The highest BCUT2D eigenvalue weighted by atomic mass is 16.3. The molecule has 0 atom stereocenters. The SMILES string of the molecule is CCCCCCCCc1ccc(O)c(N=Nc2ccc(C)cc2)c1. The highest BCUT2D eigenvalue weighted by molar-refractivity contribution is 5.53. The van der Waals surface area contributed by atoms with Gasteiger partial charge in [0.2, 0.25) is 0 Å². The van der Waals surface area contributed by atoms with Crippen LogP contribution in [0.1, 0.15) is 56.6 Å². The second-order valence-electron chi connectivity index (χ2n) is 6.38. The third kappa shape index (κ3) is 6.15. The van der Waals surface area contributed by atoms with E-state index < -0.39 is 0 Å². The Labute approximate surface area is 145 Å². The third-order valence-corrected chi connectivity index (χ3v) is 4.17. The summed E-state index contributed by atoms with van der Waals surface area (Å²) in [6, 6.07) is 13.5. The monoisotopic (exact) mass is 324 g/mol. The third-order valence-electron chi connectivity index (χ3n) is 4.17. The zero-order chi connectivity index (χ0) is 17.2. The number of phenolic OH excluding ortho intramolecular Hbond substituents is 1. The minimum Gasteiger partial charge on any atom is -0.506 e. The smallest absolute Gasteiger partial charge is 0.143 e. The first-order valence-electron chi connectivity index (χ1n) is 8.99. The van der Waals surface area contributed by atoms with Crippen molar-refractivity contribution >= 4 is 11.4 Å². The molecule has 0 saturated carbocycles. The molecule has 0 unspecified atom stereocenters. The van der Waals surface area contributed by atoms with Gasteiger partial charge in [0.1, 0.15) is 11.4 Å². The molecular formula is C21H28N2O. The highest BCUT2D eigenvalue weighted by Gasteiger charge is 2.02. The van der Waals surface area contributed by atoms with Gasteiger partial charge in [0.05, 0.1) is 5.69 Å². The Kier molecular flexibility index (Phi) is 7.47. The number of rotatable bonds is 9. The fourth-order valence-electron chi connectivity index (χ4n) is 2.64. The molecule has 2 aromatic rings. The molecule has 0 aliphatic rings. The molecule has 0 aliphatic heterocycles. The number of benzene rings is 2. The lowest BCUT2D eigenvalue weighted by molar-refractivity contribution is 0.476. The Bertz CT molecular complexity index is 647. The van der Waals surface area contributed by atoms with Gasteiger partial charge >= 0.3 is 0 Å². The van der Waals surface area contributed by atoms with E-state index in [2.05, 4.69) is 17.2 Å². The molecule has 0 saturated heterocycles. The maximum absolute atomic E-state index is 9.97. The first-order valence-corrected chi connectivity index (χ1v) is 8.99. The average Bonchev–Trinajstić information content (AvgIpc) is 2.59. The molecule has 3 heteroatoms. The van der Waals surface area contributed by atoms with Crippen molar-refractivity contribution in [3.8, 4) is 5.75 Å². The van der Waals surface area contributed by atoms with Crippen LogP contribution in [0.2, 0.25) is 0 Å². The summed E-state index contributed by atoms with van der Waals surface area (Å²) in [7, 11) is 0. The molecule has 0 spiro atoms. The summed E-state index contributed by atoms with van der Waals surface area (Å²) in [4.78, 5) is 0. The number of phenols is 1. The molecule has 2 rings (SSSR count). The van der Waals surface area contributed by atoms with E-state index in [0.29, 0.717) is 5.69 Å². The standard InChI is InChI=1S/C21H28N2O/c1-3-4-5-6-7-8-9-18-12-15-21(24)20(16-18)23-22-19-13-10-17(2)11-14-19/h10-16,24H,3-9H2,1-2H3. The van der Waals surface area contributed by atoms with E-state index in [1.165, 1.54) is 49.7 Å². The molecule has 0 aromatic heterocycles. The Morgan fingerprint density at radius 1 is 0.833 bits per heavy atom. The molecule has 3 nitrogen and oxygen atoms in total. The summed E-state index contributed by atoms with van der Waals surface area (Å²) in [5.74, 6) is 0.178. The van der Waals surface area contributed by atoms with Crippen LogP contribution in [0.25, 0.3) is 0 Å². The van der Waals surface area contributed by atoms with Crippen LogP contribution in [-0.2, 0) is 6.42 Å². The van der Waals surface area contributed by atoms with E-state index >= 15 is 0 Å². The van der Waals surface area contributed by atoms with Crippen LogP contribution in [0.4, 0.5) is 11.4 Å². The summed E-state index contributed by atoms with van der Waals surface area (Å²) in [6.07, 6.45) is 8.74. The van der Waals surface area contributed by atoms with E-state index in [4.69, 9.17) is 0 Å². The number of aryl methyl sites for hydroxylation is 2. The van der Waals surface area contributed by atoms with Gasteiger partial charge in [-0.1, -0.05) is 62.8 Å². The minimum atomic E-state index is 0.178. The van der Waals surface area contributed by atoms with Crippen molar-refractivity contribution in [2.45, 2.75) is 58.8 Å². The van der Waals surface area contributed by atoms with Gasteiger partial charge in [-0.2, -0.15) is 5.11 Å². The normalized spacial score (nSPS) is 11.2. The van der Waals surface area contributed by atoms with Gasteiger partial charge in [0.15, 0.2) is 0 Å². The Morgan fingerprint density at radius 3 is 2.29 bits per heavy atom. The van der Waals surface area contributed by atoms with Crippen LogP contribution < -0.4 is 0 Å². The lowest BCUT2D eigenvalue weighted by Gasteiger charge is -2.04. The highest BCUT2D eigenvalue weighted by Crippen LogP contribution is 2.29. The molecule has 0 bridgehead atoms. The maximum Gasteiger partial charge on any atom is 0.143 e. The molecule has 1 N–H and O–H groups in total. The number of hydrogen-bond acceptors (Lipinski definition) is 3. The van der Waals surface area contributed by atoms with Crippen LogP contribution in [0.15, 0.2) is 52.7 Å². The second kappa shape index (κ2) is 9.86. The van der Waals surface area contributed by atoms with E-state index in [0.717, 1.165) is 12.1 Å². The van der Waals surface area contributed by atoms with Gasteiger partial charge in [-0.25, -0.2) is 0 Å². The Balaban J connectivity index is 1.91. The lowest BCUT2D eigenvalue weighted by atomic mass is 10.0.